The van der Waals surface area contributed by atoms with Crippen molar-refractivity contribution in [2.75, 3.05) is 0 Å². The molecule has 0 unspecified atom stereocenters. The maximum Gasteiger partial charge on any atom is 0.252 e. The summed E-state index contributed by atoms with van der Waals surface area (Å²) in [7, 11) is 0. The van der Waals surface area contributed by atoms with Gasteiger partial charge in [0, 0.05) is 11.1 Å². The molecule has 21 heavy (non-hydrogen) atoms. The lowest BCUT2D eigenvalue weighted by atomic mass is 10.2. The van der Waals surface area contributed by atoms with Gasteiger partial charge in [0.2, 0.25) is 0 Å². The highest BCUT2D eigenvalue weighted by Crippen LogP contribution is 2.35. The normalized spacial score (nSPS) is 10.5. The van der Waals surface area contributed by atoms with Gasteiger partial charge in [-0.25, -0.2) is 4.39 Å². The summed E-state index contributed by atoms with van der Waals surface area (Å²) in [6.07, 6.45) is 0. The highest BCUT2D eigenvalue weighted by atomic mass is 79.9. The van der Waals surface area contributed by atoms with Gasteiger partial charge in [0.1, 0.15) is 12.4 Å². The molecule has 0 atom stereocenters. The molecule has 2 aromatic rings. The second-order valence-corrected chi connectivity index (χ2v) is 6.08. The van der Waals surface area contributed by atoms with Crippen molar-refractivity contribution in [1.82, 2.24) is 0 Å². The fourth-order valence-corrected chi connectivity index (χ4v) is 2.89. The van der Waals surface area contributed by atoms with Crippen LogP contribution in [0.4, 0.5) is 4.39 Å². The second kappa shape index (κ2) is 6.97. The third kappa shape index (κ3) is 4.10. The first-order valence-electron chi connectivity index (χ1n) is 5.64. The maximum atomic E-state index is 13.0. The van der Waals surface area contributed by atoms with Gasteiger partial charge in [-0.15, -0.1) is 0 Å². The predicted molar refractivity (Wildman–Crippen MR) is 85.1 cm³/mol. The Morgan fingerprint density at radius 1 is 1.19 bits per heavy atom. The Hall–Kier alpha value is -0.810. The van der Waals surface area contributed by atoms with Crippen molar-refractivity contribution in [2.45, 2.75) is 6.61 Å². The van der Waals surface area contributed by atoms with E-state index >= 15 is 0 Å². The van der Waals surface area contributed by atoms with E-state index in [0.29, 0.717) is 15.8 Å². The van der Waals surface area contributed by atoms with E-state index in [0.717, 1.165) is 0 Å². The Labute approximate surface area is 143 Å². The molecule has 0 aliphatic rings. The van der Waals surface area contributed by atoms with Crippen LogP contribution >= 0.6 is 50.7 Å². The summed E-state index contributed by atoms with van der Waals surface area (Å²) in [5, 5.41) is -0.132. The van der Waals surface area contributed by atoms with E-state index in [9.17, 15) is 9.18 Å². The van der Waals surface area contributed by atoms with Gasteiger partial charge in [0.25, 0.3) is 5.24 Å². The number of carbonyl (C=O) groups is 1. The first-order valence-corrected chi connectivity index (χ1v) is 7.57. The molecule has 0 heterocycles. The second-order valence-electron chi connectivity index (χ2n) is 4.07. The number of rotatable bonds is 4. The van der Waals surface area contributed by atoms with E-state index in [1.54, 1.807) is 0 Å². The zero-order valence-electron chi connectivity index (χ0n) is 10.3. The Bertz CT molecular complexity index is 684. The van der Waals surface area contributed by atoms with Gasteiger partial charge >= 0.3 is 0 Å². The first-order chi connectivity index (χ1) is 9.88. The minimum atomic E-state index is -0.620. The number of hydrogen-bond donors (Lipinski definition) is 0. The largest absolute Gasteiger partial charge is 0.486 e. The monoisotopic (exact) mass is 410 g/mol. The fraction of sp³-hybridized carbons (Fsp3) is 0.0714. The van der Waals surface area contributed by atoms with Crippen LogP contribution in [0.15, 0.2) is 34.8 Å². The zero-order chi connectivity index (χ0) is 15.6. The quantitative estimate of drug-likeness (QED) is 0.589. The van der Waals surface area contributed by atoms with Crippen molar-refractivity contribution in [3.8, 4) is 5.75 Å². The zero-order valence-corrected chi connectivity index (χ0v) is 14.2. The summed E-state index contributed by atoms with van der Waals surface area (Å²) >= 11 is 20.6. The number of benzene rings is 2. The molecule has 2 rings (SSSR count). The highest BCUT2D eigenvalue weighted by Gasteiger charge is 2.13. The van der Waals surface area contributed by atoms with Crippen LogP contribution in [0.1, 0.15) is 15.9 Å². The number of ether oxygens (including phenoxy) is 1. The Balaban J connectivity index is 2.22. The summed E-state index contributed by atoms with van der Waals surface area (Å²) in [4.78, 5) is 11.1. The SMILES string of the molecule is O=C(Cl)c1cc(Cl)c(OCc2ccc(F)cc2Cl)c(Br)c1. The molecule has 0 amide bonds. The van der Waals surface area contributed by atoms with Crippen LogP contribution in [0.5, 0.6) is 5.75 Å². The summed E-state index contributed by atoms with van der Waals surface area (Å²) < 4.78 is 19.0. The van der Waals surface area contributed by atoms with E-state index in [1.807, 2.05) is 0 Å². The molecule has 0 spiro atoms. The lowest BCUT2D eigenvalue weighted by Gasteiger charge is -2.12. The van der Waals surface area contributed by atoms with E-state index in [4.69, 9.17) is 39.5 Å². The van der Waals surface area contributed by atoms with Crippen LogP contribution in [-0.2, 0) is 6.61 Å². The summed E-state index contributed by atoms with van der Waals surface area (Å²) in [6, 6.07) is 6.92. The van der Waals surface area contributed by atoms with Crippen molar-refractivity contribution in [3.63, 3.8) is 0 Å². The van der Waals surface area contributed by atoms with Crippen molar-refractivity contribution >= 4 is 56.0 Å². The number of hydrogen-bond acceptors (Lipinski definition) is 2. The van der Waals surface area contributed by atoms with Crippen LogP contribution in [0, 0.1) is 5.82 Å². The molecule has 110 valence electrons. The minimum absolute atomic E-state index is 0.103. The molecule has 0 aliphatic carbocycles. The molecule has 0 aromatic heterocycles. The summed E-state index contributed by atoms with van der Waals surface area (Å²) in [6.45, 7) is 0.103. The molecule has 0 saturated heterocycles. The van der Waals surface area contributed by atoms with Gasteiger partial charge in [-0.2, -0.15) is 0 Å². The van der Waals surface area contributed by atoms with Crippen LogP contribution in [0.3, 0.4) is 0 Å². The van der Waals surface area contributed by atoms with Crippen LogP contribution < -0.4 is 4.74 Å². The standard InChI is InChI=1S/C14H7BrCl3FO2/c15-10-3-8(14(18)20)4-12(17)13(10)21-6-7-1-2-9(19)5-11(7)16/h1-5H,6H2. The molecular weight excluding hydrogens is 405 g/mol. The van der Waals surface area contributed by atoms with Gasteiger partial charge < -0.3 is 4.74 Å². The van der Waals surface area contributed by atoms with Crippen LogP contribution in [0.25, 0.3) is 0 Å². The third-order valence-corrected chi connectivity index (χ3v) is 4.05. The van der Waals surface area contributed by atoms with E-state index in [-0.39, 0.29) is 22.2 Å². The van der Waals surface area contributed by atoms with E-state index in [2.05, 4.69) is 15.9 Å². The average Bonchev–Trinajstić information content (AvgIpc) is 2.39. The van der Waals surface area contributed by atoms with Crippen LogP contribution in [0.2, 0.25) is 10.0 Å². The molecule has 0 radical (unpaired) electrons. The fourth-order valence-electron chi connectivity index (χ4n) is 1.60. The first kappa shape index (κ1) is 16.6. The summed E-state index contributed by atoms with van der Waals surface area (Å²) in [5.74, 6) is -0.0772. The third-order valence-electron chi connectivity index (χ3n) is 2.61. The molecule has 0 bridgehead atoms. The van der Waals surface area contributed by atoms with E-state index < -0.39 is 11.1 Å². The molecule has 2 aromatic carbocycles. The lowest BCUT2D eigenvalue weighted by molar-refractivity contribution is 0.108. The molecule has 0 saturated carbocycles. The topological polar surface area (TPSA) is 26.3 Å². The Kier molecular flexibility index (Phi) is 5.49. The number of carbonyl (C=O) groups excluding carboxylic acids is 1. The number of halogens is 5. The Morgan fingerprint density at radius 3 is 2.48 bits per heavy atom. The maximum absolute atomic E-state index is 13.0. The summed E-state index contributed by atoms with van der Waals surface area (Å²) in [5.41, 5.74) is 0.860. The average molecular weight is 412 g/mol. The molecule has 0 fully saturated rings. The van der Waals surface area contributed by atoms with Gasteiger partial charge in [0.15, 0.2) is 5.75 Å². The molecule has 0 aliphatic heterocycles. The highest BCUT2D eigenvalue weighted by molar-refractivity contribution is 9.10. The molecular formula is C14H7BrCl3FO2. The molecule has 7 heteroatoms. The Morgan fingerprint density at radius 2 is 1.90 bits per heavy atom. The van der Waals surface area contributed by atoms with Gasteiger partial charge in [0.05, 0.1) is 14.5 Å². The van der Waals surface area contributed by atoms with Crippen molar-refractivity contribution < 1.29 is 13.9 Å². The molecule has 2 nitrogen and oxygen atoms in total. The van der Waals surface area contributed by atoms with Crippen molar-refractivity contribution in [3.05, 3.63) is 61.8 Å². The van der Waals surface area contributed by atoms with Gasteiger partial charge in [-0.05, 0) is 51.8 Å². The predicted octanol–water partition coefficient (Wildman–Crippen LogP) is 5.85. The molecule has 0 N–H and O–H groups in total. The smallest absolute Gasteiger partial charge is 0.252 e. The van der Waals surface area contributed by atoms with Crippen molar-refractivity contribution in [2.24, 2.45) is 0 Å². The lowest BCUT2D eigenvalue weighted by Crippen LogP contribution is -1.99. The van der Waals surface area contributed by atoms with Gasteiger partial charge in [-0.3, -0.25) is 4.79 Å². The van der Waals surface area contributed by atoms with Crippen molar-refractivity contribution in [1.29, 1.82) is 0 Å². The van der Waals surface area contributed by atoms with Gasteiger partial charge in [-0.1, -0.05) is 29.3 Å². The van der Waals surface area contributed by atoms with E-state index in [1.165, 1.54) is 30.3 Å². The minimum Gasteiger partial charge on any atom is -0.486 e. The van der Waals surface area contributed by atoms with Crippen LogP contribution in [-0.4, -0.2) is 5.24 Å².